The van der Waals surface area contributed by atoms with Gasteiger partial charge in [0.25, 0.3) is 0 Å². The zero-order valence-corrected chi connectivity index (χ0v) is 14.6. The van der Waals surface area contributed by atoms with Crippen molar-refractivity contribution in [1.82, 2.24) is 4.90 Å². The third kappa shape index (κ3) is 4.34. The molecule has 1 aliphatic rings. The lowest BCUT2D eigenvalue weighted by molar-refractivity contribution is -0.127. The maximum Gasteiger partial charge on any atom is 0.247 e. The largest absolute Gasteiger partial charge is 0.497 e. The van der Waals surface area contributed by atoms with E-state index < -0.39 is 9.84 Å². The highest BCUT2D eigenvalue weighted by atomic mass is 32.2. The highest BCUT2D eigenvalue weighted by Crippen LogP contribution is 2.21. The normalized spacial score (nSPS) is 20.3. The Hall–Kier alpha value is -1.82. The predicted octanol–water partition coefficient (Wildman–Crippen LogP) is 2.13. The van der Waals surface area contributed by atoms with Gasteiger partial charge in [0.1, 0.15) is 5.75 Å². The molecule has 2 rings (SSSR count). The minimum Gasteiger partial charge on any atom is -0.497 e. The second kappa shape index (κ2) is 7.17. The van der Waals surface area contributed by atoms with Crippen LogP contribution in [0.4, 0.5) is 0 Å². The first-order valence-corrected chi connectivity index (χ1v) is 9.52. The molecule has 1 heterocycles. The summed E-state index contributed by atoms with van der Waals surface area (Å²) < 4.78 is 28.4. The third-order valence-electron chi connectivity index (χ3n) is 4.16. The van der Waals surface area contributed by atoms with E-state index in [2.05, 4.69) is 0 Å². The van der Waals surface area contributed by atoms with Crippen molar-refractivity contribution in [2.45, 2.75) is 26.3 Å². The van der Waals surface area contributed by atoms with Gasteiger partial charge in [-0.15, -0.1) is 0 Å². The summed E-state index contributed by atoms with van der Waals surface area (Å²) in [4.78, 5) is 14.2. The van der Waals surface area contributed by atoms with Gasteiger partial charge in [-0.25, -0.2) is 8.42 Å². The quantitative estimate of drug-likeness (QED) is 0.772. The molecule has 0 radical (unpaired) electrons. The highest BCUT2D eigenvalue weighted by Gasteiger charge is 2.33. The van der Waals surface area contributed by atoms with E-state index in [9.17, 15) is 13.2 Å². The van der Waals surface area contributed by atoms with Gasteiger partial charge in [0.15, 0.2) is 9.84 Å². The molecule has 0 saturated carbocycles. The molecule has 126 valence electrons. The number of carbonyl (C=O) groups excluding carboxylic acids is 1. The van der Waals surface area contributed by atoms with Crippen LogP contribution >= 0.6 is 0 Å². The highest BCUT2D eigenvalue weighted by molar-refractivity contribution is 7.91. The van der Waals surface area contributed by atoms with Crippen LogP contribution in [0.5, 0.6) is 5.75 Å². The second-order valence-electron chi connectivity index (χ2n) is 5.74. The number of hydrogen-bond donors (Lipinski definition) is 0. The maximum atomic E-state index is 12.5. The van der Waals surface area contributed by atoms with E-state index in [0.717, 1.165) is 16.9 Å². The predicted molar refractivity (Wildman–Crippen MR) is 91.1 cm³/mol. The van der Waals surface area contributed by atoms with Gasteiger partial charge >= 0.3 is 0 Å². The number of methoxy groups -OCH3 is 1. The Kier molecular flexibility index (Phi) is 5.46. The van der Waals surface area contributed by atoms with Gasteiger partial charge in [0.05, 0.1) is 18.6 Å². The number of carbonyl (C=O) groups is 1. The number of nitrogens with zero attached hydrogens (tertiary/aromatic N) is 1. The van der Waals surface area contributed by atoms with Gasteiger partial charge in [-0.2, -0.15) is 0 Å². The van der Waals surface area contributed by atoms with E-state index in [-0.39, 0.29) is 23.5 Å². The average molecular weight is 337 g/mol. The fraction of sp³-hybridized carbons (Fsp3) is 0.471. The Morgan fingerprint density at radius 3 is 2.48 bits per heavy atom. The molecule has 5 nitrogen and oxygen atoms in total. The van der Waals surface area contributed by atoms with Crippen molar-refractivity contribution in [1.29, 1.82) is 0 Å². The zero-order valence-electron chi connectivity index (χ0n) is 13.8. The molecule has 0 bridgehead atoms. The van der Waals surface area contributed by atoms with Gasteiger partial charge in [-0.1, -0.05) is 12.1 Å². The molecule has 0 aromatic heterocycles. The minimum absolute atomic E-state index is 0.0714. The number of benzene rings is 1. The first-order chi connectivity index (χ1) is 10.9. The van der Waals surface area contributed by atoms with E-state index in [1.165, 1.54) is 0 Å². The van der Waals surface area contributed by atoms with Gasteiger partial charge in [-0.3, -0.25) is 4.79 Å². The Morgan fingerprint density at radius 2 is 2.00 bits per heavy atom. The monoisotopic (exact) mass is 337 g/mol. The topological polar surface area (TPSA) is 63.7 Å². The van der Waals surface area contributed by atoms with Crippen LogP contribution in [-0.4, -0.2) is 50.4 Å². The van der Waals surface area contributed by atoms with Crippen molar-refractivity contribution in [3.8, 4) is 5.75 Å². The third-order valence-corrected chi connectivity index (χ3v) is 5.91. The fourth-order valence-electron chi connectivity index (χ4n) is 2.82. The number of allylic oxidation sites excluding steroid dienone is 1. The summed E-state index contributed by atoms with van der Waals surface area (Å²) in [6.45, 7) is 4.25. The summed E-state index contributed by atoms with van der Waals surface area (Å²) in [5.74, 6) is 0.868. The van der Waals surface area contributed by atoms with Crippen molar-refractivity contribution in [2.75, 3.05) is 25.2 Å². The van der Waals surface area contributed by atoms with Crippen LogP contribution in [0.2, 0.25) is 0 Å². The van der Waals surface area contributed by atoms with E-state index in [0.29, 0.717) is 13.0 Å². The Bertz CT molecular complexity index is 692. The lowest BCUT2D eigenvalue weighted by atomic mass is 10.1. The molecule has 0 spiro atoms. The SMILES string of the molecule is CCN(C(=O)/C=C(\C)c1ccc(OC)cc1)C1CCS(=O)(=O)C1. The molecule has 1 aromatic carbocycles. The second-order valence-corrected chi connectivity index (χ2v) is 7.97. The molecule has 0 N–H and O–H groups in total. The van der Waals surface area contributed by atoms with Crippen LogP contribution in [0.3, 0.4) is 0 Å². The van der Waals surface area contributed by atoms with Crippen LogP contribution in [0, 0.1) is 0 Å². The van der Waals surface area contributed by atoms with Crippen molar-refractivity contribution in [3.05, 3.63) is 35.9 Å². The smallest absolute Gasteiger partial charge is 0.247 e. The molecule has 1 unspecified atom stereocenters. The standard InChI is InChI=1S/C17H23NO4S/c1-4-18(15-9-10-23(20,21)12-15)17(19)11-13(2)14-5-7-16(22-3)8-6-14/h5-8,11,15H,4,9-10,12H2,1-3H3/b13-11+. The molecule has 0 aliphatic carbocycles. The van der Waals surface area contributed by atoms with Crippen molar-refractivity contribution < 1.29 is 17.9 Å². The number of hydrogen-bond acceptors (Lipinski definition) is 4. The summed E-state index contributed by atoms with van der Waals surface area (Å²) in [7, 11) is -1.39. The van der Waals surface area contributed by atoms with Crippen molar-refractivity contribution >= 4 is 21.3 Å². The fourth-order valence-corrected chi connectivity index (χ4v) is 4.55. The van der Waals surface area contributed by atoms with E-state index in [1.807, 2.05) is 38.1 Å². The Morgan fingerprint density at radius 1 is 1.35 bits per heavy atom. The van der Waals surface area contributed by atoms with Crippen LogP contribution in [-0.2, 0) is 14.6 Å². The number of rotatable bonds is 5. The summed E-state index contributed by atoms with van der Waals surface area (Å²) >= 11 is 0. The number of ether oxygens (including phenoxy) is 1. The molecule has 1 saturated heterocycles. The van der Waals surface area contributed by atoms with Gasteiger partial charge in [0, 0.05) is 18.7 Å². The molecule has 1 amide bonds. The van der Waals surface area contributed by atoms with E-state index >= 15 is 0 Å². The molecule has 1 atom stereocenters. The molecular weight excluding hydrogens is 314 g/mol. The van der Waals surface area contributed by atoms with Crippen molar-refractivity contribution in [2.24, 2.45) is 0 Å². The zero-order chi connectivity index (χ0) is 17.0. The Labute approximate surface area is 137 Å². The number of amides is 1. The molecular formula is C17H23NO4S. The van der Waals surface area contributed by atoms with Gasteiger partial charge in [0.2, 0.25) is 5.91 Å². The van der Waals surface area contributed by atoms with Crippen LogP contribution < -0.4 is 4.74 Å². The lowest BCUT2D eigenvalue weighted by Gasteiger charge is -2.25. The Balaban J connectivity index is 2.13. The summed E-state index contributed by atoms with van der Waals surface area (Å²) in [5, 5.41) is 0. The van der Waals surface area contributed by atoms with E-state index in [1.54, 1.807) is 18.1 Å². The number of sulfone groups is 1. The van der Waals surface area contributed by atoms with Crippen LogP contribution in [0.1, 0.15) is 25.8 Å². The molecule has 1 fully saturated rings. The van der Waals surface area contributed by atoms with E-state index in [4.69, 9.17) is 4.74 Å². The molecule has 6 heteroatoms. The van der Waals surface area contributed by atoms with Crippen molar-refractivity contribution in [3.63, 3.8) is 0 Å². The summed E-state index contributed by atoms with van der Waals surface area (Å²) in [5.41, 5.74) is 1.78. The van der Waals surface area contributed by atoms with Gasteiger partial charge in [-0.05, 0) is 43.5 Å². The average Bonchev–Trinajstić information content (AvgIpc) is 2.87. The number of likely N-dealkylation sites (N-methyl/N-ethyl adjacent to an activating group) is 1. The first kappa shape index (κ1) is 17.5. The van der Waals surface area contributed by atoms with Crippen LogP contribution in [0.25, 0.3) is 5.57 Å². The first-order valence-electron chi connectivity index (χ1n) is 7.70. The van der Waals surface area contributed by atoms with Crippen LogP contribution in [0.15, 0.2) is 30.3 Å². The molecule has 1 aliphatic heterocycles. The summed E-state index contributed by atoms with van der Waals surface area (Å²) in [6, 6.07) is 7.27. The van der Waals surface area contributed by atoms with Gasteiger partial charge < -0.3 is 9.64 Å². The maximum absolute atomic E-state index is 12.5. The summed E-state index contributed by atoms with van der Waals surface area (Å²) in [6.07, 6.45) is 2.10. The lowest BCUT2D eigenvalue weighted by Crippen LogP contribution is -2.40. The molecule has 1 aromatic rings. The minimum atomic E-state index is -3.00. The molecule has 23 heavy (non-hydrogen) atoms.